The Morgan fingerprint density at radius 2 is 1.76 bits per heavy atom. The monoisotopic (exact) mass is 455 g/mol. The van der Waals surface area contributed by atoms with Crippen LogP contribution in [0.4, 0.5) is 28.8 Å². The van der Waals surface area contributed by atoms with Gasteiger partial charge in [0.15, 0.2) is 0 Å². The third-order valence-electron chi connectivity index (χ3n) is 4.72. The number of benzene rings is 2. The van der Waals surface area contributed by atoms with Gasteiger partial charge in [-0.05, 0) is 58.7 Å². The largest absolute Gasteiger partial charge is 0.508 e. The predicted molar refractivity (Wildman–Crippen MR) is 119 cm³/mol. The van der Waals surface area contributed by atoms with E-state index in [4.69, 9.17) is 4.74 Å². The molecular weight excluding hydrogens is 434 g/mol. The predicted octanol–water partition coefficient (Wildman–Crippen LogP) is 4.58. The fraction of sp³-hybridized carbons (Fsp3) is 0.238. The summed E-state index contributed by atoms with van der Waals surface area (Å²) < 4.78 is 6.13. The highest BCUT2D eigenvalue weighted by atomic mass is 79.9. The van der Waals surface area contributed by atoms with Crippen LogP contribution in [0.15, 0.2) is 53.1 Å². The molecule has 3 N–H and O–H groups in total. The highest BCUT2D eigenvalue weighted by Crippen LogP contribution is 2.28. The van der Waals surface area contributed by atoms with E-state index in [0.29, 0.717) is 11.8 Å². The molecule has 0 saturated carbocycles. The molecule has 0 amide bonds. The van der Waals surface area contributed by atoms with Crippen LogP contribution < -0.4 is 15.5 Å². The third-order valence-corrected chi connectivity index (χ3v) is 5.30. The minimum atomic E-state index is 0.235. The van der Waals surface area contributed by atoms with Gasteiger partial charge in [0.05, 0.1) is 17.7 Å². The van der Waals surface area contributed by atoms with Crippen molar-refractivity contribution < 1.29 is 9.84 Å². The molecule has 0 spiro atoms. The number of phenols is 1. The highest BCUT2D eigenvalue weighted by Gasteiger charge is 2.11. The van der Waals surface area contributed by atoms with Crippen LogP contribution in [0, 0.1) is 6.92 Å². The summed E-state index contributed by atoms with van der Waals surface area (Å²) in [5, 5.41) is 16.3. The fourth-order valence-corrected chi connectivity index (χ4v) is 3.34. The molecule has 29 heavy (non-hydrogen) atoms. The molecule has 2 heterocycles. The molecule has 1 saturated heterocycles. The molecule has 2 aromatic carbocycles. The van der Waals surface area contributed by atoms with E-state index in [-0.39, 0.29) is 5.75 Å². The quantitative estimate of drug-likeness (QED) is 0.519. The lowest BCUT2D eigenvalue weighted by molar-refractivity contribution is 0.122. The van der Waals surface area contributed by atoms with Crippen LogP contribution in [0.25, 0.3) is 0 Å². The van der Waals surface area contributed by atoms with Crippen molar-refractivity contribution in [3.8, 4) is 5.75 Å². The number of ether oxygens (including phenoxy) is 1. The molecule has 1 aliphatic rings. The summed E-state index contributed by atoms with van der Waals surface area (Å²) in [5.74, 6) is 1.32. The van der Waals surface area contributed by atoms with E-state index in [2.05, 4.69) is 53.6 Å². The van der Waals surface area contributed by atoms with E-state index in [0.717, 1.165) is 47.7 Å². The van der Waals surface area contributed by atoms with E-state index in [1.54, 1.807) is 12.3 Å². The number of phenolic OH excluding ortho intramolecular Hbond substituents is 1. The number of anilines is 5. The smallest absolute Gasteiger partial charge is 0.229 e. The van der Waals surface area contributed by atoms with E-state index >= 15 is 0 Å². The third kappa shape index (κ3) is 4.78. The van der Waals surface area contributed by atoms with E-state index in [9.17, 15) is 5.11 Å². The summed E-state index contributed by atoms with van der Waals surface area (Å²) >= 11 is 3.47. The second-order valence-corrected chi connectivity index (χ2v) is 7.64. The topological polar surface area (TPSA) is 82.5 Å². The van der Waals surface area contributed by atoms with Gasteiger partial charge in [-0.15, -0.1) is 0 Å². The van der Waals surface area contributed by atoms with Crippen LogP contribution in [0.5, 0.6) is 5.75 Å². The summed E-state index contributed by atoms with van der Waals surface area (Å²) in [6.07, 6.45) is 1.69. The molecule has 7 nitrogen and oxygen atoms in total. The Morgan fingerprint density at radius 1 is 1.03 bits per heavy atom. The normalized spacial score (nSPS) is 13.9. The molecule has 1 fully saturated rings. The molecule has 1 aliphatic heterocycles. The molecule has 4 rings (SSSR count). The maximum atomic E-state index is 9.91. The lowest BCUT2D eigenvalue weighted by atomic mass is 10.2. The zero-order valence-electron chi connectivity index (χ0n) is 16.0. The number of nitrogens with zero attached hydrogens (tertiary/aromatic N) is 3. The van der Waals surface area contributed by atoms with Gasteiger partial charge in [0.1, 0.15) is 11.6 Å². The number of rotatable bonds is 5. The van der Waals surface area contributed by atoms with Crippen molar-refractivity contribution in [2.24, 2.45) is 0 Å². The first-order valence-corrected chi connectivity index (χ1v) is 10.2. The minimum absolute atomic E-state index is 0.235. The summed E-state index contributed by atoms with van der Waals surface area (Å²) in [7, 11) is 0. The van der Waals surface area contributed by atoms with Crippen LogP contribution in [-0.2, 0) is 4.74 Å². The zero-order valence-corrected chi connectivity index (χ0v) is 17.6. The van der Waals surface area contributed by atoms with Crippen LogP contribution in [0.3, 0.4) is 0 Å². The average molecular weight is 456 g/mol. The summed E-state index contributed by atoms with van der Waals surface area (Å²) in [6.45, 7) is 5.20. The molecule has 0 bridgehead atoms. The number of hydrogen-bond donors (Lipinski definition) is 3. The Bertz CT molecular complexity index is 991. The van der Waals surface area contributed by atoms with Gasteiger partial charge in [0.2, 0.25) is 5.95 Å². The molecule has 3 aromatic rings. The Hall–Kier alpha value is -2.84. The lowest BCUT2D eigenvalue weighted by Crippen LogP contribution is -2.36. The highest BCUT2D eigenvalue weighted by molar-refractivity contribution is 9.10. The molecule has 0 unspecified atom stereocenters. The Morgan fingerprint density at radius 3 is 2.48 bits per heavy atom. The van der Waals surface area contributed by atoms with Crippen LogP contribution in [0.1, 0.15) is 5.56 Å². The standard InChI is InChI=1S/C21H22BrN5O2/c1-14-2-3-16(12-19(14)28)24-20-18(22)13-23-21(26-20)25-15-4-6-17(7-5-15)27-8-10-29-11-9-27/h2-7,12-13,28H,8-11H2,1H3,(H2,23,24,25,26). The van der Waals surface area contributed by atoms with Crippen LogP contribution in [0.2, 0.25) is 0 Å². The number of aromatic hydroxyl groups is 1. The average Bonchev–Trinajstić information content (AvgIpc) is 2.74. The van der Waals surface area contributed by atoms with Crippen LogP contribution >= 0.6 is 15.9 Å². The van der Waals surface area contributed by atoms with Gasteiger partial charge in [-0.2, -0.15) is 4.98 Å². The van der Waals surface area contributed by atoms with Crippen molar-refractivity contribution in [1.29, 1.82) is 0 Å². The summed E-state index contributed by atoms with van der Waals surface area (Å²) in [4.78, 5) is 11.2. The van der Waals surface area contributed by atoms with Gasteiger partial charge in [-0.3, -0.25) is 0 Å². The Balaban J connectivity index is 1.47. The van der Waals surface area contributed by atoms with Gasteiger partial charge in [-0.25, -0.2) is 4.98 Å². The van der Waals surface area contributed by atoms with Gasteiger partial charge >= 0.3 is 0 Å². The SMILES string of the molecule is Cc1ccc(Nc2nc(Nc3ccc(N4CCOCC4)cc3)ncc2Br)cc1O. The van der Waals surface area contributed by atoms with Crippen molar-refractivity contribution in [2.45, 2.75) is 6.92 Å². The molecule has 150 valence electrons. The maximum Gasteiger partial charge on any atom is 0.229 e. The molecule has 0 radical (unpaired) electrons. The fourth-order valence-electron chi connectivity index (χ4n) is 3.05. The lowest BCUT2D eigenvalue weighted by Gasteiger charge is -2.28. The molecule has 0 atom stereocenters. The second-order valence-electron chi connectivity index (χ2n) is 6.79. The van der Waals surface area contributed by atoms with Crippen molar-refractivity contribution in [1.82, 2.24) is 9.97 Å². The number of aryl methyl sites for hydroxylation is 1. The Labute approximate surface area is 177 Å². The van der Waals surface area contributed by atoms with Gasteiger partial charge in [0.25, 0.3) is 0 Å². The van der Waals surface area contributed by atoms with Crippen molar-refractivity contribution in [3.05, 3.63) is 58.7 Å². The molecular formula is C21H22BrN5O2. The summed E-state index contributed by atoms with van der Waals surface area (Å²) in [6, 6.07) is 13.6. The van der Waals surface area contributed by atoms with E-state index in [1.807, 2.05) is 31.2 Å². The maximum absolute atomic E-state index is 9.91. The first-order chi connectivity index (χ1) is 14.1. The number of halogens is 1. The van der Waals surface area contributed by atoms with Crippen molar-refractivity contribution in [3.63, 3.8) is 0 Å². The van der Waals surface area contributed by atoms with Crippen molar-refractivity contribution in [2.75, 3.05) is 41.8 Å². The van der Waals surface area contributed by atoms with Gasteiger partial charge in [0, 0.05) is 42.4 Å². The minimum Gasteiger partial charge on any atom is -0.508 e. The first-order valence-electron chi connectivity index (χ1n) is 9.37. The number of hydrogen-bond acceptors (Lipinski definition) is 7. The van der Waals surface area contributed by atoms with Gasteiger partial charge < -0.3 is 25.4 Å². The van der Waals surface area contributed by atoms with Crippen LogP contribution in [-0.4, -0.2) is 41.4 Å². The van der Waals surface area contributed by atoms with E-state index < -0.39 is 0 Å². The molecule has 1 aromatic heterocycles. The van der Waals surface area contributed by atoms with Gasteiger partial charge in [-0.1, -0.05) is 6.07 Å². The summed E-state index contributed by atoms with van der Waals surface area (Å²) in [5.41, 5.74) is 3.65. The number of nitrogens with one attached hydrogen (secondary N) is 2. The van der Waals surface area contributed by atoms with Crippen molar-refractivity contribution >= 4 is 44.8 Å². The molecule has 8 heteroatoms. The Kier molecular flexibility index (Phi) is 5.82. The molecule has 0 aliphatic carbocycles. The number of aromatic nitrogens is 2. The van der Waals surface area contributed by atoms with E-state index in [1.165, 1.54) is 5.69 Å². The second kappa shape index (κ2) is 8.67. The first kappa shape index (κ1) is 19.5. The zero-order chi connectivity index (χ0) is 20.2. The number of morpholine rings is 1.